The average Bonchev–Trinajstić information content (AvgIpc) is 2.80. The molecule has 3 rings (SSSR count). The largest absolute Gasteiger partial charge is 0.459 e. The van der Waals surface area contributed by atoms with Crippen molar-refractivity contribution in [2.75, 3.05) is 13.2 Å². The summed E-state index contributed by atoms with van der Waals surface area (Å²) < 4.78 is 25.1. The predicted octanol–water partition coefficient (Wildman–Crippen LogP) is 1.39. The zero-order chi connectivity index (χ0) is 13.6. The van der Waals surface area contributed by atoms with Crippen molar-refractivity contribution >= 4 is 11.7 Å². The van der Waals surface area contributed by atoms with E-state index in [1.54, 1.807) is 0 Å². The molecule has 1 fully saturated rings. The van der Waals surface area contributed by atoms with E-state index in [1.165, 1.54) is 6.08 Å². The van der Waals surface area contributed by atoms with Crippen molar-refractivity contribution < 1.29 is 13.9 Å². The summed E-state index contributed by atoms with van der Waals surface area (Å²) in [5.41, 5.74) is 5.56. The second-order valence-corrected chi connectivity index (χ2v) is 5.63. The molecule has 4 atom stereocenters. The molecule has 104 valence electrons. The van der Waals surface area contributed by atoms with E-state index in [-0.39, 0.29) is 23.9 Å². The molecule has 2 heterocycles. The van der Waals surface area contributed by atoms with Gasteiger partial charge < -0.3 is 20.6 Å². The van der Waals surface area contributed by atoms with Crippen molar-refractivity contribution in [1.82, 2.24) is 0 Å². The molecule has 1 saturated heterocycles. The number of amidine groups is 1. The summed E-state index contributed by atoms with van der Waals surface area (Å²) in [6.07, 6.45) is 2.09. The number of hydrogen-bond donors (Lipinski definition) is 2. The van der Waals surface area contributed by atoms with Crippen LogP contribution >= 0.6 is 0 Å². The molecule has 3 N–H and O–H groups in total. The maximum atomic E-state index is 14.2. The van der Waals surface area contributed by atoms with Gasteiger partial charge in [0.25, 0.3) is 6.02 Å². The van der Waals surface area contributed by atoms with Crippen LogP contribution in [-0.2, 0) is 9.47 Å². The van der Waals surface area contributed by atoms with E-state index in [2.05, 4.69) is 4.99 Å². The van der Waals surface area contributed by atoms with Gasteiger partial charge in [-0.25, -0.2) is 9.38 Å². The monoisotopic (exact) mass is 267 g/mol. The molecule has 0 radical (unpaired) electrons. The minimum absolute atomic E-state index is 0.0187. The third kappa shape index (κ3) is 1.94. The topological polar surface area (TPSA) is 80.7 Å². The van der Waals surface area contributed by atoms with Crippen molar-refractivity contribution in [2.24, 2.45) is 22.6 Å². The Hall–Kier alpha value is -1.43. The lowest BCUT2D eigenvalue weighted by Crippen LogP contribution is -2.53. The summed E-state index contributed by atoms with van der Waals surface area (Å²) in [6, 6.07) is 0.0964. The van der Waals surface area contributed by atoms with E-state index in [0.717, 1.165) is 0 Å². The Morgan fingerprint density at radius 3 is 3.11 bits per heavy atom. The number of allylic oxidation sites excluding steroid dienone is 1. The molecule has 2 aliphatic heterocycles. The van der Waals surface area contributed by atoms with Crippen molar-refractivity contribution in [3.63, 3.8) is 0 Å². The lowest BCUT2D eigenvalue weighted by atomic mass is 9.69. The Bertz CT molecular complexity index is 477. The van der Waals surface area contributed by atoms with Gasteiger partial charge in [0, 0.05) is 24.0 Å². The van der Waals surface area contributed by atoms with Gasteiger partial charge in [-0.05, 0) is 19.4 Å². The molecule has 0 aromatic carbocycles. The summed E-state index contributed by atoms with van der Waals surface area (Å²) in [5.74, 6) is -0.650. The molecule has 6 heteroatoms. The maximum Gasteiger partial charge on any atom is 0.282 e. The number of nitrogens with zero attached hydrogens (tertiary/aromatic N) is 1. The van der Waals surface area contributed by atoms with Gasteiger partial charge in [-0.15, -0.1) is 0 Å². The lowest BCUT2D eigenvalue weighted by Gasteiger charge is -2.43. The normalized spacial score (nSPS) is 42.2. The van der Waals surface area contributed by atoms with Crippen LogP contribution < -0.4 is 5.73 Å². The van der Waals surface area contributed by atoms with Gasteiger partial charge in [0.2, 0.25) is 0 Å². The molecule has 0 aromatic heterocycles. The SMILES string of the molecule is CC1(C2CC(=N)CC=C2F)N=C(N)OC2COCC21. The second-order valence-electron chi connectivity index (χ2n) is 5.63. The minimum Gasteiger partial charge on any atom is -0.459 e. The van der Waals surface area contributed by atoms with Crippen LogP contribution in [0.4, 0.5) is 4.39 Å². The highest BCUT2D eigenvalue weighted by Crippen LogP contribution is 2.45. The van der Waals surface area contributed by atoms with Crippen LogP contribution in [0.5, 0.6) is 0 Å². The molecular weight excluding hydrogens is 249 g/mol. The van der Waals surface area contributed by atoms with Gasteiger partial charge in [-0.1, -0.05) is 0 Å². The zero-order valence-corrected chi connectivity index (χ0v) is 10.9. The number of rotatable bonds is 1. The van der Waals surface area contributed by atoms with E-state index < -0.39 is 11.5 Å². The van der Waals surface area contributed by atoms with E-state index in [1.807, 2.05) is 6.92 Å². The smallest absolute Gasteiger partial charge is 0.282 e. The van der Waals surface area contributed by atoms with Gasteiger partial charge in [0.15, 0.2) is 0 Å². The molecule has 1 aliphatic carbocycles. The number of aliphatic imine (C=N–C) groups is 1. The maximum absolute atomic E-state index is 14.2. The van der Waals surface area contributed by atoms with Crippen LogP contribution in [0.2, 0.25) is 0 Å². The zero-order valence-electron chi connectivity index (χ0n) is 10.9. The quantitative estimate of drug-likeness (QED) is 0.753. The first-order valence-electron chi connectivity index (χ1n) is 6.52. The molecular formula is C13H18FN3O2. The molecule has 0 saturated carbocycles. The Balaban J connectivity index is 2.00. The molecule has 5 nitrogen and oxygen atoms in total. The van der Waals surface area contributed by atoms with Crippen molar-refractivity contribution in [3.8, 4) is 0 Å². The molecule has 4 unspecified atom stereocenters. The van der Waals surface area contributed by atoms with E-state index in [0.29, 0.717) is 31.8 Å². The fourth-order valence-electron chi connectivity index (χ4n) is 3.31. The highest BCUT2D eigenvalue weighted by Gasteiger charge is 2.53. The minimum atomic E-state index is -0.698. The summed E-state index contributed by atoms with van der Waals surface area (Å²) in [5, 5.41) is 7.80. The summed E-state index contributed by atoms with van der Waals surface area (Å²) in [4.78, 5) is 4.38. The Labute approximate surface area is 111 Å². The van der Waals surface area contributed by atoms with Crippen molar-refractivity contribution in [3.05, 3.63) is 11.9 Å². The summed E-state index contributed by atoms with van der Waals surface area (Å²) >= 11 is 0. The molecule has 0 aromatic rings. The molecule has 0 bridgehead atoms. The van der Waals surface area contributed by atoms with Gasteiger partial charge in [-0.3, -0.25) is 0 Å². The lowest BCUT2D eigenvalue weighted by molar-refractivity contribution is 0.0604. The van der Waals surface area contributed by atoms with Crippen molar-refractivity contribution in [1.29, 1.82) is 5.41 Å². The average molecular weight is 267 g/mol. The number of nitrogens with one attached hydrogen (secondary N) is 1. The fourth-order valence-corrected chi connectivity index (χ4v) is 3.31. The van der Waals surface area contributed by atoms with Gasteiger partial charge in [0.1, 0.15) is 11.9 Å². The first kappa shape index (κ1) is 12.6. The Morgan fingerprint density at radius 1 is 1.53 bits per heavy atom. The van der Waals surface area contributed by atoms with Crippen LogP contribution in [0.25, 0.3) is 0 Å². The molecule has 0 spiro atoms. The Kier molecular flexibility index (Phi) is 2.85. The first-order chi connectivity index (χ1) is 9.00. The third-order valence-electron chi connectivity index (χ3n) is 4.43. The van der Waals surface area contributed by atoms with Crippen LogP contribution in [0.1, 0.15) is 19.8 Å². The van der Waals surface area contributed by atoms with Gasteiger partial charge in [-0.2, -0.15) is 0 Å². The van der Waals surface area contributed by atoms with E-state index in [9.17, 15) is 4.39 Å². The van der Waals surface area contributed by atoms with E-state index >= 15 is 0 Å². The van der Waals surface area contributed by atoms with Gasteiger partial charge in [0.05, 0.1) is 18.8 Å². The summed E-state index contributed by atoms with van der Waals surface area (Å²) in [6.45, 7) is 2.85. The first-order valence-corrected chi connectivity index (χ1v) is 6.52. The fraction of sp³-hybridized carbons (Fsp3) is 0.692. The van der Waals surface area contributed by atoms with Crippen LogP contribution in [-0.4, -0.2) is 36.6 Å². The van der Waals surface area contributed by atoms with Crippen LogP contribution in [0, 0.1) is 17.2 Å². The number of fused-ring (bicyclic) bond motifs is 1. The number of halogens is 1. The standard InChI is InChI=1S/C13H18FN3O2/c1-13(8-4-7(15)2-3-10(8)14)9-5-18-6-11(9)19-12(16)17-13/h3,8-9,11,15H,2,4-6H2,1H3,(H2,16,17). The number of ether oxygens (including phenoxy) is 2. The Morgan fingerprint density at radius 2 is 2.32 bits per heavy atom. The van der Waals surface area contributed by atoms with Gasteiger partial charge >= 0.3 is 0 Å². The third-order valence-corrected chi connectivity index (χ3v) is 4.43. The second kappa shape index (κ2) is 4.30. The number of hydrogen-bond acceptors (Lipinski definition) is 5. The predicted molar refractivity (Wildman–Crippen MR) is 68.9 cm³/mol. The number of nitrogens with two attached hydrogens (primary N) is 1. The molecule has 3 aliphatic rings. The van der Waals surface area contributed by atoms with Crippen LogP contribution in [0.3, 0.4) is 0 Å². The van der Waals surface area contributed by atoms with Crippen LogP contribution in [0.15, 0.2) is 16.9 Å². The van der Waals surface area contributed by atoms with Crippen molar-refractivity contribution in [2.45, 2.75) is 31.4 Å². The van der Waals surface area contributed by atoms with E-state index in [4.69, 9.17) is 20.6 Å². The molecule has 0 amide bonds. The highest BCUT2D eigenvalue weighted by molar-refractivity contribution is 5.84. The molecule has 19 heavy (non-hydrogen) atoms. The highest BCUT2D eigenvalue weighted by atomic mass is 19.1. The summed E-state index contributed by atoms with van der Waals surface area (Å²) in [7, 11) is 0.